The van der Waals surface area contributed by atoms with Gasteiger partial charge in [0.05, 0.1) is 25.4 Å². The van der Waals surface area contributed by atoms with Gasteiger partial charge in [-0.1, -0.05) is 0 Å². The smallest absolute Gasteiger partial charge is 0.264 e. The van der Waals surface area contributed by atoms with Crippen molar-refractivity contribution in [3.05, 3.63) is 78.2 Å². The maximum absolute atomic E-state index is 14.7. The molecule has 1 aromatic heterocycles. The van der Waals surface area contributed by atoms with Gasteiger partial charge in [-0.25, -0.2) is 21.6 Å². The van der Waals surface area contributed by atoms with Gasteiger partial charge < -0.3 is 14.2 Å². The minimum Gasteiger partial charge on any atom is -0.493 e. The number of pyridine rings is 1. The number of benzene rings is 3. The van der Waals surface area contributed by atoms with E-state index in [2.05, 4.69) is 4.98 Å². The van der Waals surface area contributed by atoms with Crippen LogP contribution in [0.4, 0.5) is 18.9 Å². The molecule has 0 aliphatic carbocycles. The predicted molar refractivity (Wildman–Crippen MR) is 118 cm³/mol. The summed E-state index contributed by atoms with van der Waals surface area (Å²) in [7, 11) is -1.53. The highest BCUT2D eigenvalue weighted by atomic mass is 32.2. The van der Waals surface area contributed by atoms with E-state index in [1.807, 2.05) is 4.72 Å². The topological polar surface area (TPSA) is 86.8 Å². The predicted octanol–water partition coefficient (Wildman–Crippen LogP) is 5.26. The van der Waals surface area contributed by atoms with Gasteiger partial charge in [0.15, 0.2) is 17.3 Å². The second-order valence-corrected chi connectivity index (χ2v) is 8.61. The van der Waals surface area contributed by atoms with Crippen LogP contribution in [-0.4, -0.2) is 27.6 Å². The summed E-state index contributed by atoms with van der Waals surface area (Å²) >= 11 is 0. The SMILES string of the molecule is COc1cc2nccc(Oc3ccc(NS(=O)(=O)c4ccc(F)cc4F)c(F)c3)c2cc1OC. The zero-order valence-corrected chi connectivity index (χ0v) is 18.6. The number of sulfonamides is 1. The third kappa shape index (κ3) is 4.55. The van der Waals surface area contributed by atoms with Crippen LogP contribution in [0.5, 0.6) is 23.0 Å². The number of anilines is 1. The molecule has 0 bridgehead atoms. The number of nitrogens with one attached hydrogen (secondary N) is 1. The molecule has 0 amide bonds. The van der Waals surface area contributed by atoms with E-state index >= 15 is 0 Å². The Bertz CT molecular complexity index is 1500. The first-order valence-electron chi connectivity index (χ1n) is 9.68. The first-order chi connectivity index (χ1) is 16.2. The number of methoxy groups -OCH3 is 2. The Morgan fingerprint density at radius 3 is 2.24 bits per heavy atom. The molecule has 0 unspecified atom stereocenters. The Hall–Kier alpha value is -3.99. The van der Waals surface area contributed by atoms with E-state index in [1.165, 1.54) is 26.5 Å². The molecule has 0 atom stereocenters. The average Bonchev–Trinajstić information content (AvgIpc) is 2.79. The van der Waals surface area contributed by atoms with Crippen LogP contribution in [-0.2, 0) is 10.0 Å². The lowest BCUT2D eigenvalue weighted by molar-refractivity contribution is 0.355. The molecule has 0 saturated carbocycles. The molecule has 0 aliphatic heterocycles. The zero-order valence-electron chi connectivity index (χ0n) is 17.8. The zero-order chi connectivity index (χ0) is 24.5. The summed E-state index contributed by atoms with van der Waals surface area (Å²) in [5.41, 5.74) is 0.100. The summed E-state index contributed by atoms with van der Waals surface area (Å²) in [6.45, 7) is 0. The Labute approximate surface area is 192 Å². The van der Waals surface area contributed by atoms with E-state index in [1.54, 1.807) is 18.2 Å². The average molecular weight is 490 g/mol. The summed E-state index contributed by atoms with van der Waals surface area (Å²) in [5.74, 6) is -1.89. The van der Waals surface area contributed by atoms with E-state index < -0.39 is 38.1 Å². The molecule has 0 aliphatic rings. The Kier molecular flexibility index (Phi) is 6.20. The lowest BCUT2D eigenvalue weighted by atomic mass is 10.2. The van der Waals surface area contributed by atoms with Gasteiger partial charge >= 0.3 is 0 Å². The molecule has 7 nitrogen and oxygen atoms in total. The summed E-state index contributed by atoms with van der Waals surface area (Å²) in [6.07, 6.45) is 1.50. The Morgan fingerprint density at radius 2 is 1.56 bits per heavy atom. The molecular formula is C23H17F3N2O5S. The van der Waals surface area contributed by atoms with Gasteiger partial charge in [0.25, 0.3) is 10.0 Å². The van der Waals surface area contributed by atoms with Gasteiger partial charge in [-0.3, -0.25) is 9.71 Å². The number of hydrogen-bond donors (Lipinski definition) is 1. The van der Waals surface area contributed by atoms with Gasteiger partial charge in [0, 0.05) is 29.8 Å². The molecule has 176 valence electrons. The van der Waals surface area contributed by atoms with Crippen LogP contribution in [0.1, 0.15) is 0 Å². The van der Waals surface area contributed by atoms with Crippen molar-refractivity contribution in [1.82, 2.24) is 4.98 Å². The summed E-state index contributed by atoms with van der Waals surface area (Å²) in [4.78, 5) is 3.44. The van der Waals surface area contributed by atoms with Crippen molar-refractivity contribution >= 4 is 26.6 Å². The summed E-state index contributed by atoms with van der Waals surface area (Å²) in [5, 5.41) is 0.567. The van der Waals surface area contributed by atoms with Crippen molar-refractivity contribution in [2.45, 2.75) is 4.90 Å². The van der Waals surface area contributed by atoms with Crippen LogP contribution in [0.2, 0.25) is 0 Å². The fourth-order valence-electron chi connectivity index (χ4n) is 3.20. The highest BCUT2D eigenvalue weighted by molar-refractivity contribution is 7.92. The first kappa shape index (κ1) is 23.2. The van der Waals surface area contributed by atoms with Crippen LogP contribution in [0.3, 0.4) is 0 Å². The molecule has 0 fully saturated rings. The van der Waals surface area contributed by atoms with Crippen LogP contribution < -0.4 is 18.9 Å². The molecule has 0 saturated heterocycles. The largest absolute Gasteiger partial charge is 0.493 e. The minimum atomic E-state index is -4.50. The van der Waals surface area contributed by atoms with Crippen LogP contribution in [0.15, 0.2) is 65.7 Å². The van der Waals surface area contributed by atoms with Crippen LogP contribution >= 0.6 is 0 Å². The molecule has 34 heavy (non-hydrogen) atoms. The number of halogens is 3. The summed E-state index contributed by atoms with van der Waals surface area (Å²) < 4.78 is 84.8. The molecule has 4 rings (SSSR count). The molecule has 0 spiro atoms. The maximum Gasteiger partial charge on any atom is 0.264 e. The van der Waals surface area contributed by atoms with E-state index in [0.717, 1.165) is 24.3 Å². The quantitative estimate of drug-likeness (QED) is 0.380. The molecule has 11 heteroatoms. The molecule has 1 N–H and O–H groups in total. The number of aromatic nitrogens is 1. The van der Waals surface area contributed by atoms with E-state index in [0.29, 0.717) is 34.2 Å². The number of rotatable bonds is 7. The maximum atomic E-state index is 14.7. The monoisotopic (exact) mass is 490 g/mol. The Morgan fingerprint density at radius 1 is 0.824 bits per heavy atom. The van der Waals surface area contributed by atoms with Crippen molar-refractivity contribution in [2.75, 3.05) is 18.9 Å². The number of nitrogens with zero attached hydrogens (tertiary/aromatic N) is 1. The fraction of sp³-hybridized carbons (Fsp3) is 0.0870. The van der Waals surface area contributed by atoms with Crippen LogP contribution in [0, 0.1) is 17.5 Å². The van der Waals surface area contributed by atoms with E-state index in [4.69, 9.17) is 14.2 Å². The number of fused-ring (bicyclic) bond motifs is 1. The van der Waals surface area contributed by atoms with E-state index in [-0.39, 0.29) is 5.75 Å². The van der Waals surface area contributed by atoms with Crippen molar-refractivity contribution in [2.24, 2.45) is 0 Å². The van der Waals surface area contributed by atoms with E-state index in [9.17, 15) is 21.6 Å². The van der Waals surface area contributed by atoms with Gasteiger partial charge in [-0.15, -0.1) is 0 Å². The third-order valence-electron chi connectivity index (χ3n) is 4.80. The second kappa shape index (κ2) is 9.10. The highest BCUT2D eigenvalue weighted by Crippen LogP contribution is 2.37. The van der Waals surface area contributed by atoms with Crippen LogP contribution in [0.25, 0.3) is 10.9 Å². The minimum absolute atomic E-state index is 0.0655. The number of ether oxygens (including phenoxy) is 3. The molecular weight excluding hydrogens is 473 g/mol. The number of hydrogen-bond acceptors (Lipinski definition) is 6. The van der Waals surface area contributed by atoms with Crippen molar-refractivity contribution in [1.29, 1.82) is 0 Å². The molecule has 3 aromatic carbocycles. The van der Waals surface area contributed by atoms with Crippen molar-refractivity contribution in [3.63, 3.8) is 0 Å². The van der Waals surface area contributed by atoms with Gasteiger partial charge in [0.2, 0.25) is 0 Å². The van der Waals surface area contributed by atoms with Crippen molar-refractivity contribution < 1.29 is 35.8 Å². The molecule has 0 radical (unpaired) electrons. The van der Waals surface area contributed by atoms with Crippen molar-refractivity contribution in [3.8, 4) is 23.0 Å². The lowest BCUT2D eigenvalue weighted by Gasteiger charge is -2.13. The fourth-order valence-corrected chi connectivity index (χ4v) is 4.33. The third-order valence-corrected chi connectivity index (χ3v) is 6.20. The van der Waals surface area contributed by atoms with Gasteiger partial charge in [-0.05, 0) is 36.4 Å². The summed E-state index contributed by atoms with van der Waals surface area (Å²) in [6, 6.07) is 10.3. The highest BCUT2D eigenvalue weighted by Gasteiger charge is 2.21. The van der Waals surface area contributed by atoms with Gasteiger partial charge in [0.1, 0.15) is 28.0 Å². The first-order valence-corrected chi connectivity index (χ1v) is 11.2. The second-order valence-electron chi connectivity index (χ2n) is 6.96. The normalized spacial score (nSPS) is 11.3. The molecule has 1 heterocycles. The molecule has 4 aromatic rings. The van der Waals surface area contributed by atoms with Gasteiger partial charge in [-0.2, -0.15) is 0 Å². The Balaban J connectivity index is 1.62. The standard InChI is InChI=1S/C23H17F3N2O5S/c1-31-21-11-15-19(12-22(21)32-2)27-8-7-20(15)33-14-4-5-18(16(25)10-14)28-34(29,30)23-6-3-13(24)9-17(23)26/h3-12,28H,1-2H3. The lowest BCUT2D eigenvalue weighted by Crippen LogP contribution is -2.15.